The van der Waals surface area contributed by atoms with Crippen molar-refractivity contribution < 1.29 is 9.90 Å². The number of benzene rings is 1. The van der Waals surface area contributed by atoms with Gasteiger partial charge in [0.15, 0.2) is 0 Å². The second-order valence-corrected chi connectivity index (χ2v) is 5.62. The van der Waals surface area contributed by atoms with Crippen LogP contribution in [0.3, 0.4) is 0 Å². The molecular weight excluding hydrogens is 297 g/mol. The van der Waals surface area contributed by atoms with Crippen LogP contribution in [0.4, 0.5) is 0 Å². The number of carboxylic acid groups (broad SMARTS) is 1. The maximum absolute atomic E-state index is 10.6. The van der Waals surface area contributed by atoms with Crippen molar-refractivity contribution in [3.8, 4) is 0 Å². The molecule has 3 nitrogen and oxygen atoms in total. The van der Waals surface area contributed by atoms with E-state index in [0.29, 0.717) is 16.6 Å². The minimum atomic E-state index is -0.806. The monoisotopic (exact) mass is 315 g/mol. The molecule has 2 atom stereocenters. The van der Waals surface area contributed by atoms with E-state index in [1.165, 1.54) is 0 Å². The first kappa shape index (κ1) is 17.0. The van der Waals surface area contributed by atoms with Crippen LogP contribution in [0.25, 0.3) is 0 Å². The summed E-state index contributed by atoms with van der Waals surface area (Å²) in [6.45, 7) is 6.28. The van der Waals surface area contributed by atoms with Crippen molar-refractivity contribution in [3.63, 3.8) is 0 Å². The van der Waals surface area contributed by atoms with Gasteiger partial charge < -0.3 is 10.4 Å². The van der Waals surface area contributed by atoms with E-state index in [-0.39, 0.29) is 18.4 Å². The lowest BCUT2D eigenvalue weighted by Crippen LogP contribution is -2.32. The van der Waals surface area contributed by atoms with Crippen molar-refractivity contribution in [2.45, 2.75) is 31.7 Å². The highest BCUT2D eigenvalue weighted by molar-refractivity contribution is 6.42. The Morgan fingerprint density at radius 1 is 1.45 bits per heavy atom. The Hall–Kier alpha value is -1.03. The summed E-state index contributed by atoms with van der Waals surface area (Å²) in [5.74, 6) is -0.613. The SMILES string of the molecule is C=CCC(CN[C@H](C)CC(=O)O)c1ccc(Cl)c(Cl)c1. The van der Waals surface area contributed by atoms with Gasteiger partial charge in [-0.25, -0.2) is 0 Å². The highest BCUT2D eigenvalue weighted by Gasteiger charge is 2.14. The molecule has 0 saturated heterocycles. The number of nitrogens with one attached hydrogen (secondary N) is 1. The second kappa shape index (κ2) is 8.30. The molecule has 2 N–H and O–H groups in total. The molecule has 0 spiro atoms. The van der Waals surface area contributed by atoms with Gasteiger partial charge in [-0.3, -0.25) is 4.79 Å². The molecule has 0 aliphatic heterocycles. The predicted octanol–water partition coefficient (Wildman–Crippen LogP) is 4.11. The van der Waals surface area contributed by atoms with Gasteiger partial charge in [-0.15, -0.1) is 6.58 Å². The van der Waals surface area contributed by atoms with E-state index in [1.807, 2.05) is 25.1 Å². The molecule has 0 aliphatic rings. The van der Waals surface area contributed by atoms with Crippen LogP contribution in [0.5, 0.6) is 0 Å². The average molecular weight is 316 g/mol. The molecule has 1 aromatic rings. The molecule has 110 valence electrons. The molecule has 0 radical (unpaired) electrons. The molecule has 0 amide bonds. The standard InChI is InChI=1S/C15H19Cl2NO2/c1-3-4-12(9-18-10(2)7-15(19)20)11-5-6-13(16)14(17)8-11/h3,5-6,8,10,12,18H,1,4,7,9H2,2H3,(H,19,20)/t10-,12?/m1/s1. The molecule has 1 aromatic carbocycles. The van der Waals surface area contributed by atoms with E-state index in [2.05, 4.69) is 11.9 Å². The Morgan fingerprint density at radius 2 is 2.15 bits per heavy atom. The quantitative estimate of drug-likeness (QED) is 0.710. The minimum Gasteiger partial charge on any atom is -0.481 e. The third-order valence-electron chi connectivity index (χ3n) is 3.06. The number of aliphatic carboxylic acids is 1. The van der Waals surface area contributed by atoms with Crippen molar-refractivity contribution in [1.82, 2.24) is 5.32 Å². The lowest BCUT2D eigenvalue weighted by molar-refractivity contribution is -0.137. The molecule has 1 unspecified atom stereocenters. The molecule has 0 saturated carbocycles. The van der Waals surface area contributed by atoms with Crippen LogP contribution in [-0.4, -0.2) is 23.7 Å². The summed E-state index contributed by atoms with van der Waals surface area (Å²) in [6.07, 6.45) is 2.73. The third-order valence-corrected chi connectivity index (χ3v) is 3.80. The number of rotatable bonds is 8. The smallest absolute Gasteiger partial charge is 0.304 e. The first-order valence-electron chi connectivity index (χ1n) is 6.45. The molecule has 1 rings (SSSR count). The lowest BCUT2D eigenvalue weighted by Gasteiger charge is -2.20. The summed E-state index contributed by atoms with van der Waals surface area (Å²) in [5.41, 5.74) is 1.06. The van der Waals surface area contributed by atoms with E-state index in [0.717, 1.165) is 12.0 Å². The number of carboxylic acids is 1. The van der Waals surface area contributed by atoms with E-state index >= 15 is 0 Å². The minimum absolute atomic E-state index is 0.0809. The fraction of sp³-hybridized carbons (Fsp3) is 0.400. The Morgan fingerprint density at radius 3 is 2.70 bits per heavy atom. The second-order valence-electron chi connectivity index (χ2n) is 4.80. The highest BCUT2D eigenvalue weighted by atomic mass is 35.5. The van der Waals surface area contributed by atoms with Crippen molar-refractivity contribution in [2.24, 2.45) is 0 Å². The zero-order valence-corrected chi connectivity index (χ0v) is 12.9. The molecule has 0 bridgehead atoms. The van der Waals surface area contributed by atoms with Crippen molar-refractivity contribution in [3.05, 3.63) is 46.5 Å². The average Bonchev–Trinajstić information content (AvgIpc) is 2.37. The summed E-state index contributed by atoms with van der Waals surface area (Å²) >= 11 is 11.9. The molecule has 0 fully saturated rings. The van der Waals surface area contributed by atoms with Gasteiger partial charge in [-0.1, -0.05) is 35.3 Å². The number of hydrogen-bond donors (Lipinski definition) is 2. The fourth-order valence-electron chi connectivity index (χ4n) is 1.98. The summed E-state index contributed by atoms with van der Waals surface area (Å²) in [6, 6.07) is 5.48. The van der Waals surface area contributed by atoms with Crippen molar-refractivity contribution in [1.29, 1.82) is 0 Å². The zero-order valence-electron chi connectivity index (χ0n) is 11.4. The Bertz CT molecular complexity index is 477. The van der Waals surface area contributed by atoms with Crippen LogP contribution in [0.15, 0.2) is 30.9 Å². The van der Waals surface area contributed by atoms with E-state index in [1.54, 1.807) is 6.07 Å². The molecule has 20 heavy (non-hydrogen) atoms. The van der Waals surface area contributed by atoms with Gasteiger partial charge in [0, 0.05) is 12.6 Å². The summed E-state index contributed by atoms with van der Waals surface area (Å²) in [7, 11) is 0. The van der Waals surface area contributed by atoms with Gasteiger partial charge in [0.2, 0.25) is 0 Å². The highest BCUT2D eigenvalue weighted by Crippen LogP contribution is 2.28. The van der Waals surface area contributed by atoms with Gasteiger partial charge in [-0.05, 0) is 37.0 Å². The van der Waals surface area contributed by atoms with Gasteiger partial charge in [0.05, 0.1) is 16.5 Å². The largest absolute Gasteiger partial charge is 0.481 e. The van der Waals surface area contributed by atoms with Crippen LogP contribution in [0.2, 0.25) is 10.0 Å². The van der Waals surface area contributed by atoms with Gasteiger partial charge in [-0.2, -0.15) is 0 Å². The van der Waals surface area contributed by atoms with Gasteiger partial charge in [0.25, 0.3) is 0 Å². The molecule has 0 aliphatic carbocycles. The van der Waals surface area contributed by atoms with Crippen LogP contribution >= 0.6 is 23.2 Å². The Kier molecular flexibility index (Phi) is 7.06. The number of carbonyl (C=O) groups is 1. The van der Waals surface area contributed by atoms with Crippen LogP contribution in [0.1, 0.15) is 31.2 Å². The first-order valence-corrected chi connectivity index (χ1v) is 7.20. The first-order chi connectivity index (χ1) is 9.43. The van der Waals surface area contributed by atoms with Gasteiger partial charge in [0.1, 0.15) is 0 Å². The summed E-state index contributed by atoms with van der Waals surface area (Å²) in [5, 5.41) is 13.0. The van der Waals surface area contributed by atoms with E-state index < -0.39 is 5.97 Å². The normalized spacial score (nSPS) is 13.8. The fourth-order valence-corrected chi connectivity index (χ4v) is 2.29. The summed E-state index contributed by atoms with van der Waals surface area (Å²) < 4.78 is 0. The molecule has 0 aromatic heterocycles. The summed E-state index contributed by atoms with van der Waals surface area (Å²) in [4.78, 5) is 10.6. The third kappa shape index (κ3) is 5.53. The number of allylic oxidation sites excluding steroid dienone is 1. The lowest BCUT2D eigenvalue weighted by atomic mass is 9.95. The van der Waals surface area contributed by atoms with Crippen molar-refractivity contribution in [2.75, 3.05) is 6.54 Å². The molecule has 5 heteroatoms. The predicted molar refractivity (Wildman–Crippen MR) is 83.7 cm³/mol. The maximum atomic E-state index is 10.6. The maximum Gasteiger partial charge on any atom is 0.304 e. The van der Waals surface area contributed by atoms with Crippen LogP contribution in [-0.2, 0) is 4.79 Å². The topological polar surface area (TPSA) is 49.3 Å². The van der Waals surface area contributed by atoms with E-state index in [4.69, 9.17) is 28.3 Å². The number of halogens is 2. The van der Waals surface area contributed by atoms with Crippen LogP contribution in [0, 0.1) is 0 Å². The molecular formula is C15H19Cl2NO2. The Labute approximate surface area is 129 Å². The van der Waals surface area contributed by atoms with E-state index in [9.17, 15) is 4.79 Å². The Balaban J connectivity index is 2.70. The van der Waals surface area contributed by atoms with Gasteiger partial charge >= 0.3 is 5.97 Å². The van der Waals surface area contributed by atoms with Crippen LogP contribution < -0.4 is 5.32 Å². The number of hydrogen-bond acceptors (Lipinski definition) is 2. The van der Waals surface area contributed by atoms with Crippen molar-refractivity contribution >= 4 is 29.2 Å². The molecule has 0 heterocycles. The zero-order chi connectivity index (χ0) is 15.1.